The number of carbonyl (C=O) groups excluding carboxylic acids is 2. The Hall–Kier alpha value is -1.43. The number of hydrogen-bond acceptors (Lipinski definition) is 4. The van der Waals surface area contributed by atoms with Crippen molar-refractivity contribution in [2.45, 2.75) is 26.7 Å². The second kappa shape index (κ2) is 6.49. The van der Waals surface area contributed by atoms with E-state index in [2.05, 4.69) is 0 Å². The molecular formula is C12H19NO5. The molecule has 1 fully saturated rings. The number of nitrogens with zero attached hydrogens (tertiary/aromatic N) is 1. The molecule has 2 amide bonds. The van der Waals surface area contributed by atoms with Crippen LogP contribution in [0.1, 0.15) is 26.7 Å². The fraction of sp³-hybridized carbons (Fsp3) is 0.750. The van der Waals surface area contributed by atoms with Gasteiger partial charge in [0.15, 0.2) is 0 Å². The number of carboxylic acid groups (broad SMARTS) is 1. The molecule has 18 heavy (non-hydrogen) atoms. The smallest absolute Gasteiger partial charge is 0.303 e. The van der Waals surface area contributed by atoms with Crippen molar-refractivity contribution in [2.75, 3.05) is 19.8 Å². The molecule has 0 radical (unpaired) electrons. The predicted molar refractivity (Wildman–Crippen MR) is 62.7 cm³/mol. The van der Waals surface area contributed by atoms with Crippen LogP contribution in [-0.2, 0) is 19.1 Å². The Kier molecular flexibility index (Phi) is 5.27. The highest BCUT2D eigenvalue weighted by molar-refractivity contribution is 5.98. The van der Waals surface area contributed by atoms with Crippen LogP contribution in [0.2, 0.25) is 0 Å². The summed E-state index contributed by atoms with van der Waals surface area (Å²) in [4.78, 5) is 35.0. The third-order valence-corrected chi connectivity index (χ3v) is 2.76. The molecule has 1 N–H and O–H groups in total. The third-order valence-electron chi connectivity index (χ3n) is 2.76. The van der Waals surface area contributed by atoms with Crippen molar-refractivity contribution >= 4 is 17.8 Å². The van der Waals surface area contributed by atoms with Gasteiger partial charge in [-0.25, -0.2) is 0 Å². The van der Waals surface area contributed by atoms with Crippen LogP contribution >= 0.6 is 0 Å². The monoisotopic (exact) mass is 257 g/mol. The van der Waals surface area contributed by atoms with E-state index in [-0.39, 0.29) is 43.9 Å². The number of aliphatic carboxylic acids is 1. The molecule has 1 aliphatic rings. The minimum absolute atomic E-state index is 0.0316. The second-order valence-electron chi connectivity index (χ2n) is 4.98. The van der Waals surface area contributed by atoms with Gasteiger partial charge in [-0.1, -0.05) is 13.8 Å². The van der Waals surface area contributed by atoms with Gasteiger partial charge in [-0.3, -0.25) is 19.3 Å². The van der Waals surface area contributed by atoms with Gasteiger partial charge < -0.3 is 9.84 Å². The van der Waals surface area contributed by atoms with Crippen LogP contribution in [-0.4, -0.2) is 47.5 Å². The molecule has 0 saturated carbocycles. The summed E-state index contributed by atoms with van der Waals surface area (Å²) in [6.07, 6.45) is 0.639. The number of imide groups is 1. The van der Waals surface area contributed by atoms with Gasteiger partial charge in [0.1, 0.15) is 13.2 Å². The van der Waals surface area contributed by atoms with Crippen LogP contribution in [0.25, 0.3) is 0 Å². The van der Waals surface area contributed by atoms with Crippen molar-refractivity contribution in [1.82, 2.24) is 4.90 Å². The van der Waals surface area contributed by atoms with Crippen LogP contribution in [0.5, 0.6) is 0 Å². The molecule has 6 nitrogen and oxygen atoms in total. The molecule has 0 aromatic carbocycles. The van der Waals surface area contributed by atoms with E-state index in [1.165, 1.54) is 0 Å². The summed E-state index contributed by atoms with van der Waals surface area (Å²) in [5.41, 5.74) is 0. The van der Waals surface area contributed by atoms with Gasteiger partial charge in [-0.2, -0.15) is 0 Å². The zero-order valence-corrected chi connectivity index (χ0v) is 10.7. The molecule has 1 unspecified atom stereocenters. The van der Waals surface area contributed by atoms with Crippen molar-refractivity contribution in [3.8, 4) is 0 Å². The lowest BCUT2D eigenvalue weighted by Gasteiger charge is -2.29. The van der Waals surface area contributed by atoms with Crippen molar-refractivity contribution in [1.29, 1.82) is 0 Å². The molecule has 0 spiro atoms. The molecule has 1 atom stereocenters. The van der Waals surface area contributed by atoms with E-state index in [4.69, 9.17) is 9.84 Å². The standard InChI is InChI=1S/C12H19NO5/c1-8(2)3-9(4-12(16)17)5-13-10(14)6-18-7-11(13)15/h8-9H,3-7H2,1-2H3,(H,16,17). The van der Waals surface area contributed by atoms with Gasteiger partial charge in [0, 0.05) is 13.0 Å². The predicted octanol–water partition coefficient (Wildman–Crippen LogP) is 0.509. The van der Waals surface area contributed by atoms with Crippen LogP contribution in [0.4, 0.5) is 0 Å². The molecule has 1 rings (SSSR count). The molecule has 1 saturated heterocycles. The van der Waals surface area contributed by atoms with E-state index in [0.717, 1.165) is 4.90 Å². The Morgan fingerprint density at radius 2 is 1.89 bits per heavy atom. The number of amides is 2. The number of hydrogen-bond donors (Lipinski definition) is 1. The van der Waals surface area contributed by atoms with E-state index in [1.807, 2.05) is 13.8 Å². The summed E-state index contributed by atoms with van der Waals surface area (Å²) in [5, 5.41) is 8.85. The largest absolute Gasteiger partial charge is 0.481 e. The second-order valence-corrected chi connectivity index (χ2v) is 4.98. The van der Waals surface area contributed by atoms with E-state index >= 15 is 0 Å². The minimum atomic E-state index is -0.909. The fourth-order valence-corrected chi connectivity index (χ4v) is 2.12. The first-order valence-corrected chi connectivity index (χ1v) is 6.03. The lowest BCUT2D eigenvalue weighted by atomic mass is 9.93. The number of morpholine rings is 1. The Morgan fingerprint density at radius 3 is 2.33 bits per heavy atom. The zero-order valence-electron chi connectivity index (χ0n) is 10.7. The average Bonchev–Trinajstić information content (AvgIpc) is 2.21. The highest BCUT2D eigenvalue weighted by Crippen LogP contribution is 2.18. The molecule has 1 heterocycles. The summed E-state index contributed by atoms with van der Waals surface area (Å²) in [6.45, 7) is 3.93. The average molecular weight is 257 g/mol. The topological polar surface area (TPSA) is 83.9 Å². The first-order chi connectivity index (χ1) is 8.40. The van der Waals surface area contributed by atoms with Crippen LogP contribution in [0.15, 0.2) is 0 Å². The van der Waals surface area contributed by atoms with Gasteiger partial charge in [0.2, 0.25) is 0 Å². The van der Waals surface area contributed by atoms with Gasteiger partial charge >= 0.3 is 5.97 Å². The summed E-state index contributed by atoms with van der Waals surface area (Å²) in [5.74, 6) is -1.56. The zero-order chi connectivity index (χ0) is 13.7. The number of ether oxygens (including phenoxy) is 1. The van der Waals surface area contributed by atoms with E-state index < -0.39 is 5.97 Å². The van der Waals surface area contributed by atoms with Crippen LogP contribution < -0.4 is 0 Å². The number of carbonyl (C=O) groups is 3. The fourth-order valence-electron chi connectivity index (χ4n) is 2.12. The normalized spacial score (nSPS) is 18.3. The van der Waals surface area contributed by atoms with E-state index in [0.29, 0.717) is 12.3 Å². The highest BCUT2D eigenvalue weighted by Gasteiger charge is 2.29. The molecule has 0 aromatic rings. The maximum absolute atomic E-state index is 11.5. The third kappa shape index (κ3) is 4.44. The van der Waals surface area contributed by atoms with Crippen molar-refractivity contribution in [2.24, 2.45) is 11.8 Å². The Balaban J connectivity index is 2.65. The molecule has 1 aliphatic heterocycles. The van der Waals surface area contributed by atoms with Gasteiger partial charge in [0.25, 0.3) is 11.8 Å². The van der Waals surface area contributed by atoms with Crippen molar-refractivity contribution < 1.29 is 24.2 Å². The summed E-state index contributed by atoms with van der Waals surface area (Å²) in [7, 11) is 0. The molecule has 0 aromatic heterocycles. The maximum Gasteiger partial charge on any atom is 0.303 e. The summed E-state index contributed by atoms with van der Waals surface area (Å²) < 4.78 is 4.81. The number of rotatable bonds is 6. The number of carboxylic acids is 1. The Bertz CT molecular complexity index is 323. The summed E-state index contributed by atoms with van der Waals surface area (Å²) in [6, 6.07) is 0. The molecule has 0 bridgehead atoms. The lowest BCUT2D eigenvalue weighted by Crippen LogP contribution is -2.48. The minimum Gasteiger partial charge on any atom is -0.481 e. The molecule has 6 heteroatoms. The first-order valence-electron chi connectivity index (χ1n) is 6.03. The summed E-state index contributed by atoms with van der Waals surface area (Å²) >= 11 is 0. The van der Waals surface area contributed by atoms with E-state index in [9.17, 15) is 14.4 Å². The van der Waals surface area contributed by atoms with Crippen LogP contribution in [0, 0.1) is 11.8 Å². The molecule has 102 valence electrons. The SMILES string of the molecule is CC(C)CC(CC(=O)O)CN1C(=O)COCC1=O. The quantitative estimate of drug-likeness (QED) is 0.701. The first kappa shape index (κ1) is 14.6. The molecule has 0 aliphatic carbocycles. The van der Waals surface area contributed by atoms with Gasteiger partial charge in [-0.15, -0.1) is 0 Å². The van der Waals surface area contributed by atoms with Crippen LogP contribution in [0.3, 0.4) is 0 Å². The molecular weight excluding hydrogens is 238 g/mol. The van der Waals surface area contributed by atoms with Crippen molar-refractivity contribution in [3.63, 3.8) is 0 Å². The van der Waals surface area contributed by atoms with Gasteiger partial charge in [-0.05, 0) is 18.3 Å². The Labute approximate surface area is 106 Å². The lowest BCUT2D eigenvalue weighted by molar-refractivity contribution is -0.160. The van der Waals surface area contributed by atoms with E-state index in [1.54, 1.807) is 0 Å². The highest BCUT2D eigenvalue weighted by atomic mass is 16.5. The van der Waals surface area contributed by atoms with Crippen molar-refractivity contribution in [3.05, 3.63) is 0 Å². The van der Waals surface area contributed by atoms with Gasteiger partial charge in [0.05, 0.1) is 0 Å². The Morgan fingerprint density at radius 1 is 1.33 bits per heavy atom. The maximum atomic E-state index is 11.5.